The van der Waals surface area contributed by atoms with E-state index in [0.717, 1.165) is 24.0 Å². The van der Waals surface area contributed by atoms with Crippen molar-refractivity contribution >= 4 is 68.6 Å². The van der Waals surface area contributed by atoms with Gasteiger partial charge in [0.05, 0.1) is 35.6 Å². The largest absolute Gasteiger partial charge is 0.487 e. The lowest BCUT2D eigenvalue weighted by Gasteiger charge is -2.24. The van der Waals surface area contributed by atoms with E-state index in [1.165, 1.54) is 11.3 Å². The molecule has 0 bridgehead atoms. The van der Waals surface area contributed by atoms with Crippen molar-refractivity contribution in [3.8, 4) is 17.2 Å². The number of halogens is 2. The molecule has 11 heteroatoms. The Hall–Kier alpha value is -3.17. The average molecular weight is 806 g/mol. The third-order valence-electron chi connectivity index (χ3n) is 6.77. The highest BCUT2D eigenvalue weighted by atomic mass is 127. The number of ether oxygens (including phenoxy) is 4. The maximum Gasteiger partial charge on any atom is 0.338 e. The summed E-state index contributed by atoms with van der Waals surface area (Å²) >= 11 is 5.80. The lowest BCUT2D eigenvalue weighted by Crippen LogP contribution is -2.39. The molecule has 2 aliphatic heterocycles. The van der Waals surface area contributed by atoms with Crippen LogP contribution in [0.5, 0.6) is 17.2 Å². The predicted molar refractivity (Wildman–Crippen MR) is 176 cm³/mol. The highest BCUT2D eigenvalue weighted by Gasteiger charge is 2.34. The van der Waals surface area contributed by atoms with E-state index < -0.39 is 12.0 Å². The fourth-order valence-electron chi connectivity index (χ4n) is 4.87. The van der Waals surface area contributed by atoms with Crippen LogP contribution in [-0.2, 0) is 16.1 Å². The zero-order valence-electron chi connectivity index (χ0n) is 22.6. The summed E-state index contributed by atoms with van der Waals surface area (Å²) in [5.41, 5.74) is 3.23. The predicted octanol–water partition coefficient (Wildman–Crippen LogP) is 5.32. The number of benzene rings is 3. The molecule has 0 unspecified atom stereocenters. The van der Waals surface area contributed by atoms with Gasteiger partial charge in [0.25, 0.3) is 5.56 Å². The van der Waals surface area contributed by atoms with Gasteiger partial charge in [-0.15, -0.1) is 0 Å². The second-order valence-electron chi connectivity index (χ2n) is 9.50. The number of esters is 1. The van der Waals surface area contributed by atoms with Crippen LogP contribution in [0.4, 0.5) is 0 Å². The molecule has 8 nitrogen and oxygen atoms in total. The molecule has 0 saturated carbocycles. The summed E-state index contributed by atoms with van der Waals surface area (Å²) in [5, 5.41) is 0. The topological polar surface area (TPSA) is 88.4 Å². The third-order valence-corrected chi connectivity index (χ3v) is 9.36. The first-order valence-electron chi connectivity index (χ1n) is 13.1. The van der Waals surface area contributed by atoms with Crippen LogP contribution in [0.3, 0.4) is 0 Å². The zero-order valence-corrected chi connectivity index (χ0v) is 27.7. The molecule has 0 saturated heterocycles. The number of hydrogen-bond acceptors (Lipinski definition) is 8. The Morgan fingerprint density at radius 2 is 1.83 bits per heavy atom. The Kier molecular flexibility index (Phi) is 8.41. The fraction of sp³-hybridized carbons (Fsp3) is 0.194. The van der Waals surface area contributed by atoms with Gasteiger partial charge in [0.2, 0.25) is 6.79 Å². The average Bonchev–Trinajstić information content (AvgIpc) is 3.56. The van der Waals surface area contributed by atoms with E-state index in [2.05, 4.69) is 50.2 Å². The van der Waals surface area contributed by atoms with Crippen molar-refractivity contribution in [2.75, 3.05) is 13.4 Å². The second-order valence-corrected chi connectivity index (χ2v) is 12.8. The molecule has 0 fully saturated rings. The minimum Gasteiger partial charge on any atom is -0.487 e. The first-order valence-corrected chi connectivity index (χ1v) is 16.1. The molecule has 3 heterocycles. The van der Waals surface area contributed by atoms with Crippen molar-refractivity contribution in [3.05, 3.63) is 115 Å². The van der Waals surface area contributed by atoms with Crippen LogP contribution in [0.25, 0.3) is 6.08 Å². The molecule has 2 aliphatic rings. The summed E-state index contributed by atoms with van der Waals surface area (Å²) < 4.78 is 26.5. The van der Waals surface area contributed by atoms with Crippen molar-refractivity contribution in [2.24, 2.45) is 4.99 Å². The Morgan fingerprint density at radius 1 is 1.10 bits per heavy atom. The van der Waals surface area contributed by atoms with Crippen molar-refractivity contribution in [2.45, 2.75) is 26.5 Å². The minimum absolute atomic E-state index is 0.120. The lowest BCUT2D eigenvalue weighted by atomic mass is 9.95. The van der Waals surface area contributed by atoms with Crippen LogP contribution < -0.4 is 29.1 Å². The van der Waals surface area contributed by atoms with Gasteiger partial charge in [0, 0.05) is 0 Å². The molecule has 1 aromatic heterocycles. The minimum atomic E-state index is -0.731. The highest BCUT2D eigenvalue weighted by molar-refractivity contribution is 14.1. The van der Waals surface area contributed by atoms with E-state index in [1.54, 1.807) is 30.5 Å². The maximum atomic E-state index is 14.0. The number of carbonyl (C=O) groups excluding carboxylic acids is 1. The van der Waals surface area contributed by atoms with Gasteiger partial charge < -0.3 is 18.9 Å². The standard InChI is InChI=1S/C31H24I2N2O6S/c1-3-38-30(37)26-17(2)34-31-35(27(26)20-9-10-23-24(14-20)41-16-40-23)29(36)25(42-31)13-19-11-21(32)28(22(33)12-19)39-15-18-7-5-4-6-8-18/h4-14,27H,3,15-16H2,1-2H3/b25-13-/t27-/m0/s1. The summed E-state index contributed by atoms with van der Waals surface area (Å²) in [6.45, 7) is 4.30. The zero-order chi connectivity index (χ0) is 29.4. The quantitative estimate of drug-likeness (QED) is 0.186. The van der Waals surface area contributed by atoms with E-state index in [1.807, 2.05) is 54.6 Å². The normalized spacial score (nSPS) is 15.8. The molecule has 6 rings (SSSR count). The van der Waals surface area contributed by atoms with E-state index in [0.29, 0.717) is 44.3 Å². The summed E-state index contributed by atoms with van der Waals surface area (Å²) in [4.78, 5) is 32.3. The number of hydrogen-bond donors (Lipinski definition) is 0. The van der Waals surface area contributed by atoms with Crippen LogP contribution >= 0.6 is 56.5 Å². The number of carbonyl (C=O) groups is 1. The summed E-state index contributed by atoms with van der Waals surface area (Å²) in [6, 6.07) is 18.7. The van der Waals surface area contributed by atoms with E-state index in [-0.39, 0.29) is 19.0 Å². The van der Waals surface area contributed by atoms with E-state index >= 15 is 0 Å². The van der Waals surface area contributed by atoms with Gasteiger partial charge in [0.1, 0.15) is 12.4 Å². The van der Waals surface area contributed by atoms with Crippen molar-refractivity contribution in [3.63, 3.8) is 0 Å². The molecular formula is C31H24I2N2O6S. The van der Waals surface area contributed by atoms with Crippen molar-refractivity contribution in [1.29, 1.82) is 0 Å². The van der Waals surface area contributed by atoms with Crippen LogP contribution in [0, 0.1) is 7.14 Å². The van der Waals surface area contributed by atoms with E-state index in [9.17, 15) is 9.59 Å². The number of thiazole rings is 1. The van der Waals surface area contributed by atoms with Gasteiger partial charge in [-0.1, -0.05) is 47.7 Å². The van der Waals surface area contributed by atoms with Crippen LogP contribution in [0.15, 0.2) is 81.7 Å². The van der Waals surface area contributed by atoms with E-state index in [4.69, 9.17) is 18.9 Å². The molecule has 3 aromatic carbocycles. The number of rotatable bonds is 7. The molecular weight excluding hydrogens is 782 g/mol. The van der Waals surface area contributed by atoms with Gasteiger partial charge >= 0.3 is 5.97 Å². The van der Waals surface area contributed by atoms with Crippen molar-refractivity contribution in [1.82, 2.24) is 4.57 Å². The number of fused-ring (bicyclic) bond motifs is 2. The fourth-order valence-corrected chi connectivity index (χ4v) is 8.05. The maximum absolute atomic E-state index is 14.0. The van der Waals surface area contributed by atoms with Gasteiger partial charge in [-0.3, -0.25) is 9.36 Å². The van der Waals surface area contributed by atoms with Crippen molar-refractivity contribution < 1.29 is 23.7 Å². The summed E-state index contributed by atoms with van der Waals surface area (Å²) in [5.74, 6) is 1.47. The molecule has 0 N–H and O–H groups in total. The Balaban J connectivity index is 1.41. The van der Waals surface area contributed by atoms with Crippen LogP contribution in [0.2, 0.25) is 0 Å². The molecule has 0 spiro atoms. The highest BCUT2D eigenvalue weighted by Crippen LogP contribution is 2.38. The Labute approximate surface area is 272 Å². The van der Waals surface area contributed by atoms with Gasteiger partial charge in [-0.25, -0.2) is 9.79 Å². The van der Waals surface area contributed by atoms with Gasteiger partial charge in [-0.2, -0.15) is 0 Å². The molecule has 0 amide bonds. The monoisotopic (exact) mass is 806 g/mol. The first-order chi connectivity index (χ1) is 20.3. The smallest absolute Gasteiger partial charge is 0.338 e. The second kappa shape index (κ2) is 12.2. The summed E-state index contributed by atoms with van der Waals surface area (Å²) in [6.07, 6.45) is 1.86. The molecule has 0 aliphatic carbocycles. The molecule has 1 atom stereocenters. The van der Waals surface area contributed by atoms with Gasteiger partial charge in [-0.05, 0) is 106 Å². The molecule has 214 valence electrons. The number of allylic oxidation sites excluding steroid dienone is 1. The van der Waals surface area contributed by atoms with Crippen LogP contribution in [0.1, 0.15) is 36.6 Å². The SMILES string of the molecule is CCOC(=O)C1=C(C)N=c2s/c(=C\c3cc(I)c(OCc4ccccc4)c(I)c3)c(=O)n2[C@H]1c1ccc2c(c1)OCO2. The number of aromatic nitrogens is 1. The van der Waals surface area contributed by atoms with Crippen LogP contribution in [-0.4, -0.2) is 23.9 Å². The lowest BCUT2D eigenvalue weighted by molar-refractivity contribution is -0.139. The first kappa shape index (κ1) is 28.9. The Morgan fingerprint density at radius 3 is 2.57 bits per heavy atom. The molecule has 42 heavy (non-hydrogen) atoms. The number of nitrogens with zero attached hydrogens (tertiary/aromatic N) is 2. The Bertz CT molecular complexity index is 1890. The molecule has 4 aromatic rings. The third kappa shape index (κ3) is 5.61. The van der Waals surface area contributed by atoms with Gasteiger partial charge in [0.15, 0.2) is 16.3 Å². The summed E-state index contributed by atoms with van der Waals surface area (Å²) in [7, 11) is 0. The molecule has 0 radical (unpaired) electrons.